The third kappa shape index (κ3) is 9.99. The van der Waals surface area contributed by atoms with Gasteiger partial charge in [-0.15, -0.1) is 0 Å². The lowest BCUT2D eigenvalue weighted by molar-refractivity contribution is -0.143. The number of carbonyl (C=O) groups excluding carboxylic acids is 3. The van der Waals surface area contributed by atoms with E-state index >= 15 is 0 Å². The maximum atomic E-state index is 13.0. The Bertz CT molecular complexity index is 700. The van der Waals surface area contributed by atoms with Gasteiger partial charge in [-0.05, 0) is 50.2 Å². The molecule has 188 valence electrons. The van der Waals surface area contributed by atoms with Crippen LogP contribution in [0.5, 0.6) is 0 Å². The molecule has 5 atom stereocenters. The molecule has 3 amide bonds. The number of hydrogen-bond acceptors (Lipinski definition) is 7. The van der Waals surface area contributed by atoms with Gasteiger partial charge in [0.05, 0.1) is 6.04 Å². The van der Waals surface area contributed by atoms with Crippen LogP contribution in [0.15, 0.2) is 0 Å². The Hall–Kier alpha value is -2.34. The van der Waals surface area contributed by atoms with Gasteiger partial charge in [0.15, 0.2) is 0 Å². The summed E-state index contributed by atoms with van der Waals surface area (Å²) in [6, 6.07) is -3.71. The second kappa shape index (κ2) is 14.7. The molecule has 1 fully saturated rings. The molecular formula is C21H36N4O7S. The SMILES string of the molecule is CCC(C)C(NC(=O)C(CCSC)NC(=O)C(CCC(=O)O)NC(=O)C1CCCN1)C(=O)O. The lowest BCUT2D eigenvalue weighted by Gasteiger charge is -2.26. The zero-order valence-electron chi connectivity index (χ0n) is 19.4. The summed E-state index contributed by atoms with van der Waals surface area (Å²) in [6.07, 6.45) is 3.58. The summed E-state index contributed by atoms with van der Waals surface area (Å²) in [6.45, 7) is 4.21. The normalized spacial score (nSPS) is 19.1. The van der Waals surface area contributed by atoms with E-state index in [2.05, 4.69) is 21.3 Å². The molecule has 5 unspecified atom stereocenters. The molecule has 0 bridgehead atoms. The van der Waals surface area contributed by atoms with Crippen LogP contribution in [-0.4, -0.2) is 82.6 Å². The summed E-state index contributed by atoms with van der Waals surface area (Å²) in [5, 5.41) is 29.2. The van der Waals surface area contributed by atoms with Crippen molar-refractivity contribution in [3.8, 4) is 0 Å². The quantitative estimate of drug-likeness (QED) is 0.184. The zero-order chi connectivity index (χ0) is 25.0. The second-order valence-electron chi connectivity index (χ2n) is 8.20. The lowest BCUT2D eigenvalue weighted by Crippen LogP contribution is -2.57. The van der Waals surface area contributed by atoms with Gasteiger partial charge in [0.1, 0.15) is 18.1 Å². The first-order valence-electron chi connectivity index (χ1n) is 11.2. The van der Waals surface area contributed by atoms with Gasteiger partial charge in [-0.1, -0.05) is 20.3 Å². The Morgan fingerprint density at radius 2 is 1.67 bits per heavy atom. The van der Waals surface area contributed by atoms with Crippen LogP contribution in [0.1, 0.15) is 52.4 Å². The van der Waals surface area contributed by atoms with Crippen molar-refractivity contribution in [2.24, 2.45) is 5.92 Å². The number of nitrogens with one attached hydrogen (secondary N) is 4. The van der Waals surface area contributed by atoms with Crippen molar-refractivity contribution in [2.75, 3.05) is 18.6 Å². The van der Waals surface area contributed by atoms with E-state index in [0.717, 1.165) is 6.42 Å². The van der Waals surface area contributed by atoms with E-state index in [4.69, 9.17) is 5.11 Å². The van der Waals surface area contributed by atoms with E-state index in [1.165, 1.54) is 11.8 Å². The molecule has 0 aromatic carbocycles. The molecule has 1 saturated heterocycles. The number of hydrogen-bond donors (Lipinski definition) is 6. The van der Waals surface area contributed by atoms with Crippen molar-refractivity contribution in [1.82, 2.24) is 21.3 Å². The zero-order valence-corrected chi connectivity index (χ0v) is 20.2. The number of carboxylic acids is 2. The Balaban J connectivity index is 2.94. The van der Waals surface area contributed by atoms with Crippen LogP contribution < -0.4 is 21.3 Å². The molecule has 0 radical (unpaired) electrons. The molecular weight excluding hydrogens is 452 g/mol. The Morgan fingerprint density at radius 1 is 1.03 bits per heavy atom. The van der Waals surface area contributed by atoms with Gasteiger partial charge in [-0.3, -0.25) is 19.2 Å². The summed E-state index contributed by atoms with van der Waals surface area (Å²) >= 11 is 1.46. The van der Waals surface area contributed by atoms with Gasteiger partial charge in [0.2, 0.25) is 17.7 Å². The van der Waals surface area contributed by atoms with E-state index in [1.54, 1.807) is 6.92 Å². The molecule has 0 spiro atoms. The number of amides is 3. The minimum atomic E-state index is -1.16. The monoisotopic (exact) mass is 488 g/mol. The average Bonchev–Trinajstić information content (AvgIpc) is 3.31. The van der Waals surface area contributed by atoms with E-state index < -0.39 is 53.8 Å². The molecule has 1 heterocycles. The van der Waals surface area contributed by atoms with E-state index in [9.17, 15) is 29.1 Å². The van der Waals surface area contributed by atoms with Gasteiger partial charge in [0.25, 0.3) is 0 Å². The molecule has 33 heavy (non-hydrogen) atoms. The summed E-state index contributed by atoms with van der Waals surface area (Å²) in [5.41, 5.74) is 0. The van der Waals surface area contributed by atoms with E-state index in [1.807, 2.05) is 13.2 Å². The molecule has 1 aliphatic rings. The highest BCUT2D eigenvalue weighted by molar-refractivity contribution is 7.98. The van der Waals surface area contributed by atoms with Crippen LogP contribution >= 0.6 is 11.8 Å². The largest absolute Gasteiger partial charge is 0.481 e. The molecule has 1 aliphatic heterocycles. The third-order valence-electron chi connectivity index (χ3n) is 5.68. The highest BCUT2D eigenvalue weighted by Gasteiger charge is 2.32. The first kappa shape index (κ1) is 28.7. The van der Waals surface area contributed by atoms with Crippen molar-refractivity contribution in [1.29, 1.82) is 0 Å². The molecule has 11 nitrogen and oxygen atoms in total. The highest BCUT2D eigenvalue weighted by Crippen LogP contribution is 2.11. The first-order valence-corrected chi connectivity index (χ1v) is 12.6. The number of thioether (sulfide) groups is 1. The molecule has 12 heteroatoms. The van der Waals surface area contributed by atoms with Crippen molar-refractivity contribution in [3.05, 3.63) is 0 Å². The summed E-state index contributed by atoms with van der Waals surface area (Å²) < 4.78 is 0. The predicted octanol–water partition coefficient (Wildman–Crippen LogP) is -0.0586. The van der Waals surface area contributed by atoms with Crippen molar-refractivity contribution >= 4 is 41.4 Å². The molecule has 0 aromatic rings. The predicted molar refractivity (Wildman–Crippen MR) is 124 cm³/mol. The Morgan fingerprint density at radius 3 is 2.18 bits per heavy atom. The maximum Gasteiger partial charge on any atom is 0.326 e. The van der Waals surface area contributed by atoms with Crippen LogP contribution in [-0.2, 0) is 24.0 Å². The summed E-state index contributed by atoms with van der Waals surface area (Å²) in [5.74, 6) is -3.78. The highest BCUT2D eigenvalue weighted by atomic mass is 32.2. The summed E-state index contributed by atoms with van der Waals surface area (Å²) in [4.78, 5) is 60.9. The molecule has 6 N–H and O–H groups in total. The minimum absolute atomic E-state index is 0.138. The van der Waals surface area contributed by atoms with Gasteiger partial charge >= 0.3 is 11.9 Å². The number of rotatable bonds is 15. The van der Waals surface area contributed by atoms with Crippen molar-refractivity contribution in [2.45, 2.75) is 76.5 Å². The standard InChI is InChI=1S/C21H36N4O7S/c1-4-12(2)17(21(31)32)25-20(30)15(9-11-33-3)24-19(29)14(7-8-16(26)27)23-18(28)13-6-5-10-22-13/h12-15,17,22H,4-11H2,1-3H3,(H,23,28)(H,24,29)(H,25,30)(H,26,27)(H,31,32). The Labute approximate surface area is 198 Å². The topological polar surface area (TPSA) is 174 Å². The lowest BCUT2D eigenvalue weighted by atomic mass is 9.98. The second-order valence-corrected chi connectivity index (χ2v) is 9.18. The number of aliphatic carboxylic acids is 2. The van der Waals surface area contributed by atoms with Gasteiger partial charge < -0.3 is 31.5 Å². The molecule has 0 aromatic heterocycles. The third-order valence-corrected chi connectivity index (χ3v) is 6.32. The average molecular weight is 489 g/mol. The fourth-order valence-electron chi connectivity index (χ4n) is 3.43. The van der Waals surface area contributed by atoms with Gasteiger partial charge in [-0.25, -0.2) is 4.79 Å². The molecule has 1 rings (SSSR count). The number of carbonyl (C=O) groups is 5. The van der Waals surface area contributed by atoms with Crippen LogP contribution in [0.25, 0.3) is 0 Å². The first-order chi connectivity index (χ1) is 15.6. The number of carboxylic acid groups (broad SMARTS) is 2. The molecule has 0 saturated carbocycles. The van der Waals surface area contributed by atoms with Gasteiger partial charge in [0, 0.05) is 6.42 Å². The minimum Gasteiger partial charge on any atom is -0.481 e. The Kier molecular flexibility index (Phi) is 12.8. The fraction of sp³-hybridized carbons (Fsp3) is 0.762. The molecule has 0 aliphatic carbocycles. The van der Waals surface area contributed by atoms with Crippen LogP contribution in [0.2, 0.25) is 0 Å². The fourth-order valence-corrected chi connectivity index (χ4v) is 3.90. The van der Waals surface area contributed by atoms with Crippen LogP contribution in [0.4, 0.5) is 0 Å². The van der Waals surface area contributed by atoms with E-state index in [-0.39, 0.29) is 25.2 Å². The summed E-state index contributed by atoms with van der Waals surface area (Å²) in [7, 11) is 0. The van der Waals surface area contributed by atoms with Crippen LogP contribution in [0, 0.1) is 5.92 Å². The van der Waals surface area contributed by atoms with Gasteiger partial charge in [-0.2, -0.15) is 11.8 Å². The maximum absolute atomic E-state index is 13.0. The van der Waals surface area contributed by atoms with E-state index in [0.29, 0.717) is 25.1 Å². The smallest absolute Gasteiger partial charge is 0.326 e. The van der Waals surface area contributed by atoms with Crippen LogP contribution in [0.3, 0.4) is 0 Å². The van der Waals surface area contributed by atoms with Crippen molar-refractivity contribution in [3.63, 3.8) is 0 Å². The van der Waals surface area contributed by atoms with Crippen molar-refractivity contribution < 1.29 is 34.2 Å².